The largest absolute Gasteiger partial charge is 0.372 e. The summed E-state index contributed by atoms with van der Waals surface area (Å²) in [7, 11) is -3.86. The van der Waals surface area contributed by atoms with E-state index in [2.05, 4.69) is 14.9 Å². The molecule has 0 atom stereocenters. The standard InChI is InChI=1S/C25H32N4O4S/c30-24(26-22-8-6-7-20(17-22)18-29-16-5-2-9-25(29)31)19-34(32,33)27-21-10-12-23(13-11-21)28-14-3-1-4-15-28/h6-8,10-13,17,27H,1-5,9,14-16,18-19H2,(H,26,30). The highest BCUT2D eigenvalue weighted by Gasteiger charge is 2.20. The zero-order chi connectivity index (χ0) is 24.0. The lowest BCUT2D eigenvalue weighted by Crippen LogP contribution is -2.34. The zero-order valence-corrected chi connectivity index (χ0v) is 20.1. The summed E-state index contributed by atoms with van der Waals surface area (Å²) in [4.78, 5) is 28.6. The highest BCUT2D eigenvalue weighted by atomic mass is 32.2. The second-order valence-corrected chi connectivity index (χ2v) is 10.7. The van der Waals surface area contributed by atoms with Gasteiger partial charge in [0.2, 0.25) is 21.8 Å². The maximum absolute atomic E-state index is 12.5. The second kappa shape index (κ2) is 10.9. The van der Waals surface area contributed by atoms with Gasteiger partial charge in [-0.05, 0) is 74.1 Å². The average Bonchev–Trinajstić information content (AvgIpc) is 2.81. The lowest BCUT2D eigenvalue weighted by Gasteiger charge is -2.28. The van der Waals surface area contributed by atoms with Crippen molar-refractivity contribution in [2.75, 3.05) is 40.3 Å². The quantitative estimate of drug-likeness (QED) is 0.597. The Labute approximate surface area is 201 Å². The van der Waals surface area contributed by atoms with Crippen LogP contribution in [0.3, 0.4) is 0 Å². The van der Waals surface area contributed by atoms with Gasteiger partial charge in [0, 0.05) is 49.7 Å². The maximum atomic E-state index is 12.5. The molecule has 0 aromatic heterocycles. The van der Waals surface area contributed by atoms with Crippen molar-refractivity contribution in [1.82, 2.24) is 4.90 Å². The fourth-order valence-electron chi connectivity index (χ4n) is 4.47. The smallest absolute Gasteiger partial charge is 0.241 e. The van der Waals surface area contributed by atoms with Gasteiger partial charge in [-0.15, -0.1) is 0 Å². The van der Waals surface area contributed by atoms with Gasteiger partial charge in [0.25, 0.3) is 0 Å². The molecule has 182 valence electrons. The van der Waals surface area contributed by atoms with E-state index in [-0.39, 0.29) is 5.91 Å². The number of carbonyl (C=O) groups excluding carboxylic acids is 2. The van der Waals surface area contributed by atoms with Gasteiger partial charge in [-0.1, -0.05) is 12.1 Å². The molecule has 9 heteroatoms. The molecule has 0 aliphatic carbocycles. The first-order chi connectivity index (χ1) is 16.4. The van der Waals surface area contributed by atoms with Gasteiger partial charge in [0.15, 0.2) is 0 Å². The Kier molecular flexibility index (Phi) is 7.72. The van der Waals surface area contributed by atoms with Crippen molar-refractivity contribution in [1.29, 1.82) is 0 Å². The number of rotatable bonds is 8. The fourth-order valence-corrected chi connectivity index (χ4v) is 5.46. The van der Waals surface area contributed by atoms with E-state index in [9.17, 15) is 18.0 Å². The van der Waals surface area contributed by atoms with Crippen molar-refractivity contribution in [3.63, 3.8) is 0 Å². The number of nitrogens with one attached hydrogen (secondary N) is 2. The Balaban J connectivity index is 1.31. The molecule has 0 spiro atoms. The van der Waals surface area contributed by atoms with E-state index >= 15 is 0 Å². The average molecular weight is 485 g/mol. The summed E-state index contributed by atoms with van der Waals surface area (Å²) in [5, 5.41) is 2.66. The molecule has 2 aliphatic rings. The molecule has 2 fully saturated rings. The highest BCUT2D eigenvalue weighted by Crippen LogP contribution is 2.22. The number of hydrogen-bond acceptors (Lipinski definition) is 5. The van der Waals surface area contributed by atoms with Gasteiger partial charge < -0.3 is 15.1 Å². The minimum absolute atomic E-state index is 0.141. The number of hydrogen-bond donors (Lipinski definition) is 2. The van der Waals surface area contributed by atoms with Crippen molar-refractivity contribution in [2.24, 2.45) is 0 Å². The molecular weight excluding hydrogens is 452 g/mol. The van der Waals surface area contributed by atoms with Crippen LogP contribution in [0.15, 0.2) is 48.5 Å². The van der Waals surface area contributed by atoms with Gasteiger partial charge >= 0.3 is 0 Å². The molecule has 2 aromatic carbocycles. The molecule has 8 nitrogen and oxygen atoms in total. The van der Waals surface area contributed by atoms with E-state index in [0.29, 0.717) is 24.3 Å². The Morgan fingerprint density at radius 3 is 2.35 bits per heavy atom. The van der Waals surface area contributed by atoms with Crippen LogP contribution in [-0.2, 0) is 26.2 Å². The van der Waals surface area contributed by atoms with Gasteiger partial charge in [0.05, 0.1) is 0 Å². The number of benzene rings is 2. The molecule has 2 saturated heterocycles. The first-order valence-corrected chi connectivity index (χ1v) is 13.6. The Hall–Kier alpha value is -3.07. The van der Waals surface area contributed by atoms with Crippen LogP contribution < -0.4 is 14.9 Å². The number of amides is 2. The SMILES string of the molecule is O=C(CS(=O)(=O)Nc1ccc(N2CCCCC2)cc1)Nc1cccc(CN2CCCCC2=O)c1. The van der Waals surface area contributed by atoms with Crippen molar-refractivity contribution < 1.29 is 18.0 Å². The number of anilines is 3. The first-order valence-electron chi connectivity index (χ1n) is 11.9. The molecule has 0 saturated carbocycles. The Morgan fingerprint density at radius 1 is 0.882 bits per heavy atom. The van der Waals surface area contributed by atoms with E-state index < -0.39 is 21.7 Å². The third-order valence-electron chi connectivity index (χ3n) is 6.19. The van der Waals surface area contributed by atoms with Gasteiger partial charge in [-0.3, -0.25) is 14.3 Å². The van der Waals surface area contributed by atoms with E-state index in [1.165, 1.54) is 19.3 Å². The van der Waals surface area contributed by atoms with Crippen LogP contribution in [0.5, 0.6) is 0 Å². The van der Waals surface area contributed by atoms with Crippen molar-refractivity contribution in [3.05, 3.63) is 54.1 Å². The van der Waals surface area contributed by atoms with Crippen molar-refractivity contribution >= 4 is 38.9 Å². The summed E-state index contributed by atoms with van der Waals surface area (Å²) in [6, 6.07) is 14.4. The molecule has 34 heavy (non-hydrogen) atoms. The lowest BCUT2D eigenvalue weighted by molar-refractivity contribution is -0.133. The number of likely N-dealkylation sites (tertiary alicyclic amines) is 1. The summed E-state index contributed by atoms with van der Waals surface area (Å²) < 4.78 is 27.5. The van der Waals surface area contributed by atoms with E-state index in [1.54, 1.807) is 30.3 Å². The minimum Gasteiger partial charge on any atom is -0.372 e. The third kappa shape index (κ3) is 6.72. The second-order valence-electron chi connectivity index (χ2n) is 8.98. The van der Waals surface area contributed by atoms with Crippen molar-refractivity contribution in [2.45, 2.75) is 45.1 Å². The van der Waals surface area contributed by atoms with E-state index in [1.807, 2.05) is 23.1 Å². The molecule has 2 amide bonds. The minimum atomic E-state index is -3.86. The molecule has 0 radical (unpaired) electrons. The fraction of sp³-hybridized carbons (Fsp3) is 0.440. The van der Waals surface area contributed by atoms with Crippen LogP contribution in [0.25, 0.3) is 0 Å². The molecule has 0 unspecified atom stereocenters. The molecule has 0 bridgehead atoms. The zero-order valence-electron chi connectivity index (χ0n) is 19.3. The Bertz CT molecular complexity index is 1110. The van der Waals surface area contributed by atoms with Crippen molar-refractivity contribution in [3.8, 4) is 0 Å². The van der Waals surface area contributed by atoms with Crippen LogP contribution in [-0.4, -0.2) is 50.5 Å². The maximum Gasteiger partial charge on any atom is 0.241 e. The van der Waals surface area contributed by atoms with Crippen LogP contribution in [0.4, 0.5) is 17.1 Å². The summed E-state index contributed by atoms with van der Waals surface area (Å²) in [6.07, 6.45) is 6.08. The summed E-state index contributed by atoms with van der Waals surface area (Å²) in [5.41, 5.74) is 2.91. The predicted octanol–water partition coefficient (Wildman–Crippen LogP) is 3.57. The third-order valence-corrected chi connectivity index (χ3v) is 7.38. The number of carbonyl (C=O) groups is 2. The van der Waals surface area contributed by atoms with Crippen LogP contribution in [0, 0.1) is 0 Å². The topological polar surface area (TPSA) is 98.8 Å². The van der Waals surface area contributed by atoms with Gasteiger partial charge in [-0.25, -0.2) is 8.42 Å². The molecule has 4 rings (SSSR count). The van der Waals surface area contributed by atoms with E-state index in [4.69, 9.17) is 0 Å². The first kappa shape index (κ1) is 24.1. The molecule has 2 N–H and O–H groups in total. The predicted molar refractivity (Wildman–Crippen MR) is 134 cm³/mol. The van der Waals surface area contributed by atoms with Crippen LogP contribution in [0.1, 0.15) is 44.1 Å². The van der Waals surface area contributed by atoms with Crippen LogP contribution >= 0.6 is 0 Å². The molecular formula is C25H32N4O4S. The molecule has 2 heterocycles. The summed E-state index contributed by atoms with van der Waals surface area (Å²) >= 11 is 0. The number of sulfonamides is 1. The lowest BCUT2D eigenvalue weighted by atomic mass is 10.1. The normalized spacial score (nSPS) is 16.9. The highest BCUT2D eigenvalue weighted by molar-refractivity contribution is 7.93. The Morgan fingerprint density at radius 2 is 1.62 bits per heavy atom. The van der Waals surface area contributed by atoms with Gasteiger partial charge in [0.1, 0.15) is 5.75 Å². The number of nitrogens with zero attached hydrogens (tertiary/aromatic N) is 2. The van der Waals surface area contributed by atoms with E-state index in [0.717, 1.165) is 43.7 Å². The monoisotopic (exact) mass is 484 g/mol. The molecule has 2 aliphatic heterocycles. The molecule has 2 aromatic rings. The summed E-state index contributed by atoms with van der Waals surface area (Å²) in [6.45, 7) is 3.25. The van der Waals surface area contributed by atoms with Gasteiger partial charge in [-0.2, -0.15) is 0 Å². The summed E-state index contributed by atoms with van der Waals surface area (Å²) in [5.74, 6) is -1.17. The number of piperidine rings is 2. The van der Waals surface area contributed by atoms with Crippen LogP contribution in [0.2, 0.25) is 0 Å².